The number of rotatable bonds is 4. The van der Waals surface area contributed by atoms with Gasteiger partial charge in [0.15, 0.2) is 17.5 Å². The van der Waals surface area contributed by atoms with Gasteiger partial charge in [0.25, 0.3) is 0 Å². The van der Waals surface area contributed by atoms with Crippen LogP contribution in [0.4, 0.5) is 0 Å². The highest BCUT2D eigenvalue weighted by molar-refractivity contribution is 6.15. The largest absolute Gasteiger partial charge is 0.309 e. The zero-order valence-corrected chi connectivity index (χ0v) is 33.8. The second kappa shape index (κ2) is 12.2. The van der Waals surface area contributed by atoms with Crippen molar-refractivity contribution in [1.29, 1.82) is 0 Å². The molecule has 4 nitrogen and oxygen atoms in total. The molecule has 0 saturated heterocycles. The van der Waals surface area contributed by atoms with E-state index in [1.807, 2.05) is 18.2 Å². The molecule has 2 aliphatic carbocycles. The molecule has 2 aliphatic rings. The van der Waals surface area contributed by atoms with Gasteiger partial charge in [0.1, 0.15) is 0 Å². The molecular formula is C54H44N4. The lowest BCUT2D eigenvalue weighted by Gasteiger charge is -2.48. The van der Waals surface area contributed by atoms with Gasteiger partial charge in [-0.1, -0.05) is 175 Å². The van der Waals surface area contributed by atoms with Gasteiger partial charge < -0.3 is 4.57 Å². The Bertz CT molecular complexity index is 3150. The Morgan fingerprint density at radius 1 is 0.397 bits per heavy atom. The molecular weight excluding hydrogens is 705 g/mol. The van der Waals surface area contributed by atoms with Crippen molar-refractivity contribution in [3.8, 4) is 62.1 Å². The van der Waals surface area contributed by atoms with Crippen LogP contribution in [-0.2, 0) is 16.2 Å². The Labute approximate surface area is 339 Å². The van der Waals surface area contributed by atoms with Crippen molar-refractivity contribution in [3.63, 3.8) is 0 Å². The molecule has 9 aromatic rings. The second-order valence-corrected chi connectivity index (χ2v) is 17.7. The molecule has 280 valence electrons. The number of nitrogens with zero attached hydrogens (tertiary/aromatic N) is 4. The van der Waals surface area contributed by atoms with E-state index < -0.39 is 0 Å². The summed E-state index contributed by atoms with van der Waals surface area (Å²) in [5.41, 5.74) is 16.6. The summed E-state index contributed by atoms with van der Waals surface area (Å²) in [6, 6.07) is 57.0. The fourth-order valence-corrected chi connectivity index (χ4v) is 10.0. The number of hydrogen-bond acceptors (Lipinski definition) is 3. The Morgan fingerprint density at radius 2 is 0.983 bits per heavy atom. The molecule has 0 unspecified atom stereocenters. The van der Waals surface area contributed by atoms with Crippen molar-refractivity contribution in [2.75, 3.05) is 0 Å². The minimum absolute atomic E-state index is 0.0630. The van der Waals surface area contributed by atoms with Crippen molar-refractivity contribution >= 4 is 21.8 Å². The van der Waals surface area contributed by atoms with Crippen molar-refractivity contribution in [2.45, 2.75) is 57.8 Å². The second-order valence-electron chi connectivity index (χ2n) is 17.7. The topological polar surface area (TPSA) is 43.6 Å². The van der Waals surface area contributed by atoms with Gasteiger partial charge in [-0.25, -0.2) is 15.0 Å². The Hall–Kier alpha value is -6.65. The van der Waals surface area contributed by atoms with Crippen LogP contribution in [0.5, 0.6) is 0 Å². The van der Waals surface area contributed by atoms with Gasteiger partial charge >= 0.3 is 0 Å². The molecule has 0 saturated carbocycles. The molecule has 0 radical (unpaired) electrons. The van der Waals surface area contributed by atoms with E-state index in [0.717, 1.165) is 22.4 Å². The van der Waals surface area contributed by atoms with Gasteiger partial charge in [0.2, 0.25) is 0 Å². The predicted molar refractivity (Wildman–Crippen MR) is 240 cm³/mol. The van der Waals surface area contributed by atoms with E-state index in [0.29, 0.717) is 17.5 Å². The molecule has 0 amide bonds. The lowest BCUT2D eigenvalue weighted by Crippen LogP contribution is -2.43. The lowest BCUT2D eigenvalue weighted by atomic mass is 9.55. The molecule has 58 heavy (non-hydrogen) atoms. The Kier molecular flexibility index (Phi) is 7.26. The normalized spacial score (nSPS) is 15.5. The standard InChI is InChI=1S/C54H44N4/c1-52(2)42-24-13-10-21-37(42)38-28-27-35(32-45(38)52)51-56-49(33-17-8-7-9-18-33)55-50(57-51)34-19-16-20-36(31-34)58-46-26-15-12-22-39(46)40-29-30-44-47(48(40)58)41-23-11-14-25-43(41)53(3,4)54(44,5)6/h7-32H,1-6H3. The van der Waals surface area contributed by atoms with E-state index >= 15 is 0 Å². The van der Waals surface area contributed by atoms with E-state index in [2.05, 4.69) is 186 Å². The van der Waals surface area contributed by atoms with Crippen molar-refractivity contribution < 1.29 is 0 Å². The molecule has 4 heteroatoms. The fraction of sp³-hybridized carbons (Fsp3) is 0.167. The highest BCUT2D eigenvalue weighted by Gasteiger charge is 2.46. The average molecular weight is 749 g/mol. The van der Waals surface area contributed by atoms with E-state index in [9.17, 15) is 0 Å². The van der Waals surface area contributed by atoms with Gasteiger partial charge in [0, 0.05) is 44.1 Å². The maximum absolute atomic E-state index is 5.27. The van der Waals surface area contributed by atoms with Gasteiger partial charge in [0.05, 0.1) is 11.0 Å². The highest BCUT2D eigenvalue weighted by atomic mass is 15.0. The first kappa shape index (κ1) is 34.6. The lowest BCUT2D eigenvalue weighted by molar-refractivity contribution is 0.299. The molecule has 2 aromatic heterocycles. The van der Waals surface area contributed by atoms with Gasteiger partial charge in [-0.2, -0.15) is 0 Å². The van der Waals surface area contributed by atoms with Crippen LogP contribution in [0.15, 0.2) is 158 Å². The monoisotopic (exact) mass is 748 g/mol. The number of para-hydroxylation sites is 1. The average Bonchev–Trinajstić information content (AvgIpc) is 3.71. The van der Waals surface area contributed by atoms with Crippen molar-refractivity contribution in [1.82, 2.24) is 19.5 Å². The smallest absolute Gasteiger partial charge is 0.164 e. The number of aromatic nitrogens is 4. The van der Waals surface area contributed by atoms with Gasteiger partial charge in [-0.05, 0) is 74.0 Å². The van der Waals surface area contributed by atoms with Crippen LogP contribution >= 0.6 is 0 Å². The number of benzene rings is 7. The quantitative estimate of drug-likeness (QED) is 0.180. The molecule has 0 spiro atoms. The van der Waals surface area contributed by atoms with Crippen molar-refractivity contribution in [2.24, 2.45) is 0 Å². The molecule has 0 N–H and O–H groups in total. The molecule has 0 atom stereocenters. The number of hydrogen-bond donors (Lipinski definition) is 0. The van der Waals surface area contributed by atoms with Crippen LogP contribution in [-0.4, -0.2) is 19.5 Å². The Balaban J connectivity index is 1.13. The van der Waals surface area contributed by atoms with Gasteiger partial charge in [-0.3, -0.25) is 0 Å². The molecule has 11 rings (SSSR count). The zero-order valence-electron chi connectivity index (χ0n) is 33.8. The summed E-state index contributed by atoms with van der Waals surface area (Å²) < 4.78 is 2.47. The zero-order chi connectivity index (χ0) is 39.6. The van der Waals surface area contributed by atoms with E-state index in [1.165, 1.54) is 66.3 Å². The van der Waals surface area contributed by atoms with Crippen LogP contribution in [0.25, 0.3) is 83.9 Å². The molecule has 0 bridgehead atoms. The van der Waals surface area contributed by atoms with Crippen LogP contribution in [0.2, 0.25) is 0 Å². The maximum Gasteiger partial charge on any atom is 0.164 e. The Morgan fingerprint density at radius 3 is 1.76 bits per heavy atom. The summed E-state index contributed by atoms with van der Waals surface area (Å²) in [5, 5.41) is 2.49. The molecule has 0 fully saturated rings. The van der Waals surface area contributed by atoms with E-state index in [1.54, 1.807) is 0 Å². The van der Waals surface area contributed by atoms with E-state index in [-0.39, 0.29) is 16.2 Å². The summed E-state index contributed by atoms with van der Waals surface area (Å²) in [5.74, 6) is 1.96. The van der Waals surface area contributed by atoms with Crippen LogP contribution in [0.1, 0.15) is 63.8 Å². The molecule has 2 heterocycles. The van der Waals surface area contributed by atoms with Crippen LogP contribution in [0, 0.1) is 0 Å². The minimum Gasteiger partial charge on any atom is -0.309 e. The third kappa shape index (κ3) is 4.78. The minimum atomic E-state index is -0.138. The highest BCUT2D eigenvalue weighted by Crippen LogP contribution is 2.56. The summed E-state index contributed by atoms with van der Waals surface area (Å²) in [4.78, 5) is 15.6. The third-order valence-corrected chi connectivity index (χ3v) is 13.8. The summed E-state index contributed by atoms with van der Waals surface area (Å²) in [6.45, 7) is 14.2. The SMILES string of the molecule is CC1(C)c2ccccc2-c2ccc(-c3nc(-c4ccccc4)nc(-c4cccc(-n5c6ccccc6c6ccc7c(c65)-c5ccccc5C(C)(C)C7(C)C)c4)n3)cc21. The summed E-state index contributed by atoms with van der Waals surface area (Å²) >= 11 is 0. The fourth-order valence-electron chi connectivity index (χ4n) is 10.0. The molecule has 7 aromatic carbocycles. The first-order valence-corrected chi connectivity index (χ1v) is 20.4. The first-order valence-electron chi connectivity index (χ1n) is 20.4. The number of fused-ring (bicyclic) bond motifs is 10. The van der Waals surface area contributed by atoms with E-state index in [4.69, 9.17) is 15.0 Å². The predicted octanol–water partition coefficient (Wildman–Crippen LogP) is 13.5. The molecule has 0 aliphatic heterocycles. The maximum atomic E-state index is 5.27. The summed E-state index contributed by atoms with van der Waals surface area (Å²) in [7, 11) is 0. The first-order chi connectivity index (χ1) is 28.0. The van der Waals surface area contributed by atoms with Gasteiger partial charge in [-0.15, -0.1) is 0 Å². The van der Waals surface area contributed by atoms with Crippen LogP contribution in [0.3, 0.4) is 0 Å². The third-order valence-electron chi connectivity index (χ3n) is 13.8. The van der Waals surface area contributed by atoms with Crippen LogP contribution < -0.4 is 0 Å². The van der Waals surface area contributed by atoms with Crippen molar-refractivity contribution in [3.05, 3.63) is 180 Å². The summed E-state index contributed by atoms with van der Waals surface area (Å²) in [6.07, 6.45) is 0.